The van der Waals surface area contributed by atoms with Crippen LogP contribution in [0.3, 0.4) is 0 Å². The van der Waals surface area contributed by atoms with Gasteiger partial charge in [-0.3, -0.25) is 4.99 Å². The summed E-state index contributed by atoms with van der Waals surface area (Å²) in [5, 5.41) is 0. The Morgan fingerprint density at radius 3 is 2.46 bits per heavy atom. The van der Waals surface area contributed by atoms with Crippen LogP contribution in [0.4, 0.5) is 4.39 Å². The highest BCUT2D eigenvalue weighted by Gasteiger charge is 2.09. The van der Waals surface area contributed by atoms with E-state index in [0.717, 1.165) is 53.5 Å². The molecule has 0 amide bonds. The lowest BCUT2D eigenvalue weighted by Gasteiger charge is -2.15. The molecule has 2 heteroatoms. The van der Waals surface area contributed by atoms with Gasteiger partial charge in [0.25, 0.3) is 0 Å². The van der Waals surface area contributed by atoms with Crippen molar-refractivity contribution in [3.63, 3.8) is 0 Å². The highest BCUT2D eigenvalue weighted by Crippen LogP contribution is 2.27. The minimum Gasteiger partial charge on any atom is -0.296 e. The summed E-state index contributed by atoms with van der Waals surface area (Å²) in [5.41, 5.74) is 7.83. The second-order valence-corrected chi connectivity index (χ2v) is 7.04. The monoisotopic (exact) mass is 379 g/mol. The van der Waals surface area contributed by atoms with Crippen LogP contribution in [0.1, 0.15) is 52.5 Å². The number of benzene rings is 1. The van der Waals surface area contributed by atoms with Gasteiger partial charge in [0.2, 0.25) is 0 Å². The predicted molar refractivity (Wildman–Crippen MR) is 123 cm³/mol. The van der Waals surface area contributed by atoms with Crippen molar-refractivity contribution in [3.8, 4) is 0 Å². The first-order valence-electron chi connectivity index (χ1n) is 9.92. The predicted octanol–water partition coefficient (Wildman–Crippen LogP) is 7.58. The van der Waals surface area contributed by atoms with E-state index in [1.54, 1.807) is 19.2 Å². The van der Waals surface area contributed by atoms with Crippen molar-refractivity contribution >= 4 is 6.21 Å². The molecular weight excluding hydrogens is 345 g/mol. The number of allylic oxidation sites excluding steroid dienone is 8. The zero-order valence-corrected chi connectivity index (χ0v) is 18.1. The number of aliphatic imine (C=N–C) groups is 1. The molecule has 0 bridgehead atoms. The standard InChI is InChI=1S/C26H34FN/c1-8-19(3)26(16-21(5)22(6)24(9-2)18-28-7)20(4)12-10-13-23-14-11-15-25(27)17-23/h9,11,14-18H,3-4,8,10,12-13H2,1-2,5-7H3/b22-21+,24-9+,26-16-,28-18?. The minimum absolute atomic E-state index is 0.178. The summed E-state index contributed by atoms with van der Waals surface area (Å²) in [6.45, 7) is 16.9. The molecule has 0 aliphatic rings. The zero-order valence-electron chi connectivity index (χ0n) is 18.1. The molecule has 1 nitrogen and oxygen atoms in total. The SMILES string of the molecule is C=C(CC)/C(=C/C(C)=C(C)/C(C=NC)=C/C)C(=C)CCCc1cccc(F)c1. The number of aryl methyl sites for hydroxylation is 1. The van der Waals surface area contributed by atoms with E-state index in [4.69, 9.17) is 0 Å². The van der Waals surface area contributed by atoms with E-state index in [0.29, 0.717) is 0 Å². The summed E-state index contributed by atoms with van der Waals surface area (Å²) in [7, 11) is 1.78. The van der Waals surface area contributed by atoms with Crippen LogP contribution in [0.15, 0.2) is 88.0 Å². The second-order valence-electron chi connectivity index (χ2n) is 7.04. The molecule has 28 heavy (non-hydrogen) atoms. The van der Waals surface area contributed by atoms with Crippen molar-refractivity contribution in [1.82, 2.24) is 0 Å². The summed E-state index contributed by atoms with van der Waals surface area (Å²) in [4.78, 5) is 4.14. The summed E-state index contributed by atoms with van der Waals surface area (Å²) < 4.78 is 13.3. The van der Waals surface area contributed by atoms with Crippen LogP contribution < -0.4 is 0 Å². The van der Waals surface area contributed by atoms with Gasteiger partial charge in [-0.1, -0.05) is 44.4 Å². The lowest BCUT2D eigenvalue weighted by Crippen LogP contribution is -1.97. The van der Waals surface area contributed by atoms with Crippen LogP contribution in [0.5, 0.6) is 0 Å². The van der Waals surface area contributed by atoms with Crippen LogP contribution >= 0.6 is 0 Å². The van der Waals surface area contributed by atoms with Crippen LogP contribution in [-0.4, -0.2) is 13.3 Å². The van der Waals surface area contributed by atoms with Crippen LogP contribution in [0.25, 0.3) is 0 Å². The first-order valence-corrected chi connectivity index (χ1v) is 9.92. The lowest BCUT2D eigenvalue weighted by atomic mass is 9.91. The Morgan fingerprint density at radius 1 is 1.18 bits per heavy atom. The Balaban J connectivity index is 2.98. The van der Waals surface area contributed by atoms with Crippen LogP contribution in [0, 0.1) is 5.82 Å². The van der Waals surface area contributed by atoms with E-state index >= 15 is 0 Å². The molecular formula is C26H34FN. The average Bonchev–Trinajstić information content (AvgIpc) is 2.68. The van der Waals surface area contributed by atoms with E-state index in [1.165, 1.54) is 17.2 Å². The Morgan fingerprint density at radius 2 is 1.89 bits per heavy atom. The maximum atomic E-state index is 13.3. The maximum absolute atomic E-state index is 13.3. The summed E-state index contributed by atoms with van der Waals surface area (Å²) in [6.07, 6.45) is 9.66. The van der Waals surface area contributed by atoms with Gasteiger partial charge in [0.05, 0.1) is 0 Å². The van der Waals surface area contributed by atoms with E-state index in [1.807, 2.05) is 19.2 Å². The molecule has 1 rings (SSSR count). The molecule has 0 aliphatic heterocycles. The summed E-state index contributed by atoms with van der Waals surface area (Å²) in [6, 6.07) is 6.82. The van der Waals surface area contributed by atoms with Crippen LogP contribution in [0.2, 0.25) is 0 Å². The summed E-state index contributed by atoms with van der Waals surface area (Å²) in [5.74, 6) is -0.178. The molecule has 0 fully saturated rings. The third-order valence-electron chi connectivity index (χ3n) is 4.99. The van der Waals surface area contributed by atoms with E-state index in [-0.39, 0.29) is 5.82 Å². The van der Waals surface area contributed by atoms with Crippen molar-refractivity contribution in [2.75, 3.05) is 7.05 Å². The van der Waals surface area contributed by atoms with Gasteiger partial charge in [0, 0.05) is 13.3 Å². The largest absolute Gasteiger partial charge is 0.296 e. The topological polar surface area (TPSA) is 12.4 Å². The fraction of sp³-hybridized carbons (Fsp3) is 0.346. The Kier molecular flexibility index (Phi) is 10.2. The summed E-state index contributed by atoms with van der Waals surface area (Å²) >= 11 is 0. The normalized spacial score (nSPS) is 13.6. The third kappa shape index (κ3) is 7.26. The maximum Gasteiger partial charge on any atom is 0.123 e. The van der Waals surface area contributed by atoms with Crippen LogP contribution in [-0.2, 0) is 6.42 Å². The molecule has 0 aliphatic carbocycles. The third-order valence-corrected chi connectivity index (χ3v) is 4.99. The van der Waals surface area contributed by atoms with Gasteiger partial charge in [0.1, 0.15) is 5.82 Å². The van der Waals surface area contributed by atoms with E-state index in [2.05, 4.69) is 51.1 Å². The number of hydrogen-bond donors (Lipinski definition) is 0. The van der Waals surface area contributed by atoms with E-state index in [9.17, 15) is 4.39 Å². The molecule has 0 unspecified atom stereocenters. The number of hydrogen-bond acceptors (Lipinski definition) is 1. The minimum atomic E-state index is -0.178. The lowest BCUT2D eigenvalue weighted by molar-refractivity contribution is 0.624. The molecule has 1 aromatic carbocycles. The van der Waals surface area contributed by atoms with Gasteiger partial charge >= 0.3 is 0 Å². The van der Waals surface area contributed by atoms with Crippen molar-refractivity contribution in [3.05, 3.63) is 94.4 Å². The first-order chi connectivity index (χ1) is 13.3. The molecule has 150 valence electrons. The van der Waals surface area contributed by atoms with Crippen molar-refractivity contribution in [2.24, 2.45) is 4.99 Å². The fourth-order valence-electron chi connectivity index (χ4n) is 3.06. The van der Waals surface area contributed by atoms with Crippen molar-refractivity contribution < 1.29 is 4.39 Å². The van der Waals surface area contributed by atoms with Gasteiger partial charge in [-0.05, 0) is 97.6 Å². The number of nitrogens with zero attached hydrogens (tertiary/aromatic N) is 1. The molecule has 1 aromatic rings. The van der Waals surface area contributed by atoms with Gasteiger partial charge in [-0.25, -0.2) is 4.39 Å². The quantitative estimate of drug-likeness (QED) is 0.293. The zero-order chi connectivity index (χ0) is 21.1. The number of rotatable bonds is 10. The van der Waals surface area contributed by atoms with Gasteiger partial charge in [-0.2, -0.15) is 0 Å². The van der Waals surface area contributed by atoms with Gasteiger partial charge in [0.15, 0.2) is 0 Å². The molecule has 0 N–H and O–H groups in total. The molecule has 0 radical (unpaired) electrons. The van der Waals surface area contributed by atoms with Crippen molar-refractivity contribution in [2.45, 2.75) is 53.4 Å². The molecule has 0 saturated carbocycles. The molecule has 0 saturated heterocycles. The van der Waals surface area contributed by atoms with Crippen molar-refractivity contribution in [1.29, 1.82) is 0 Å². The molecule has 0 spiro atoms. The highest BCUT2D eigenvalue weighted by molar-refractivity contribution is 5.84. The fourth-order valence-corrected chi connectivity index (χ4v) is 3.06. The van der Waals surface area contributed by atoms with Gasteiger partial charge in [-0.15, -0.1) is 0 Å². The smallest absolute Gasteiger partial charge is 0.123 e. The Labute approximate surface area is 170 Å². The first kappa shape index (κ1) is 23.6. The molecule has 0 heterocycles. The Hall–Kier alpha value is -2.48. The molecule has 0 aromatic heterocycles. The molecule has 0 atom stereocenters. The average molecular weight is 380 g/mol. The number of halogens is 1. The van der Waals surface area contributed by atoms with Gasteiger partial charge < -0.3 is 0 Å². The second kappa shape index (κ2) is 12.1. The highest BCUT2D eigenvalue weighted by atomic mass is 19.1. The van der Waals surface area contributed by atoms with E-state index < -0.39 is 0 Å². The Bertz CT molecular complexity index is 819.